The van der Waals surface area contributed by atoms with E-state index in [-0.39, 0.29) is 0 Å². The summed E-state index contributed by atoms with van der Waals surface area (Å²) in [6.45, 7) is 6.10. The highest BCUT2D eigenvalue weighted by Crippen LogP contribution is 2.15. The van der Waals surface area contributed by atoms with Gasteiger partial charge < -0.3 is 9.88 Å². The number of aromatic nitrogens is 1. The second kappa shape index (κ2) is 8.82. The van der Waals surface area contributed by atoms with Crippen molar-refractivity contribution in [2.45, 2.75) is 38.3 Å². The van der Waals surface area contributed by atoms with E-state index in [0.29, 0.717) is 23.9 Å². The summed E-state index contributed by atoms with van der Waals surface area (Å²) in [5.41, 5.74) is 0.997. The molecular weight excluding hydrogens is 306 g/mol. The zero-order valence-corrected chi connectivity index (χ0v) is 15.0. The monoisotopic (exact) mass is 333 g/mol. The van der Waals surface area contributed by atoms with Gasteiger partial charge in [0.2, 0.25) is 10.0 Å². The number of thioether (sulfide) groups is 1. The number of rotatable bonds is 10. The molecule has 0 aromatic carbocycles. The zero-order chi connectivity index (χ0) is 15.9. The summed E-state index contributed by atoms with van der Waals surface area (Å²) in [7, 11) is -1.56. The van der Waals surface area contributed by atoms with Crippen molar-refractivity contribution in [2.75, 3.05) is 25.6 Å². The summed E-state index contributed by atoms with van der Waals surface area (Å²) in [6.07, 6.45) is 4.74. The first-order valence-corrected chi connectivity index (χ1v) is 10.1. The average molecular weight is 334 g/mol. The van der Waals surface area contributed by atoms with Crippen molar-refractivity contribution in [1.29, 1.82) is 0 Å². The normalized spacial score (nSPS) is 13.5. The van der Waals surface area contributed by atoms with Gasteiger partial charge in [0.15, 0.2) is 0 Å². The summed E-state index contributed by atoms with van der Waals surface area (Å²) in [4.78, 5) is 0.359. The molecule has 1 unspecified atom stereocenters. The first-order valence-electron chi connectivity index (χ1n) is 7.26. The van der Waals surface area contributed by atoms with Crippen LogP contribution >= 0.6 is 11.8 Å². The zero-order valence-electron chi connectivity index (χ0n) is 13.3. The van der Waals surface area contributed by atoms with Crippen LogP contribution in [0.3, 0.4) is 0 Å². The maximum absolute atomic E-state index is 12.4. The molecule has 0 aliphatic heterocycles. The maximum Gasteiger partial charge on any atom is 0.242 e. The molecule has 0 bridgehead atoms. The lowest BCUT2D eigenvalue weighted by Gasteiger charge is -2.10. The number of hydrogen-bond donors (Lipinski definition) is 2. The van der Waals surface area contributed by atoms with Gasteiger partial charge in [-0.25, -0.2) is 13.1 Å². The van der Waals surface area contributed by atoms with Crippen molar-refractivity contribution >= 4 is 21.8 Å². The molecule has 5 nitrogen and oxygen atoms in total. The molecule has 1 aromatic heterocycles. The smallest absolute Gasteiger partial charge is 0.242 e. The van der Waals surface area contributed by atoms with Gasteiger partial charge in [-0.15, -0.1) is 0 Å². The molecular formula is C14H27N3O2S2. The van der Waals surface area contributed by atoms with Crippen LogP contribution in [-0.2, 0) is 23.1 Å². The van der Waals surface area contributed by atoms with Gasteiger partial charge in [-0.2, -0.15) is 11.8 Å². The van der Waals surface area contributed by atoms with Crippen molar-refractivity contribution in [1.82, 2.24) is 14.6 Å². The third kappa shape index (κ3) is 5.65. The Morgan fingerprint density at radius 2 is 2.14 bits per heavy atom. The van der Waals surface area contributed by atoms with Crippen LogP contribution in [0.25, 0.3) is 0 Å². The van der Waals surface area contributed by atoms with Crippen molar-refractivity contribution in [3.63, 3.8) is 0 Å². The molecule has 122 valence electrons. The molecule has 0 aliphatic carbocycles. The molecule has 0 saturated heterocycles. The summed E-state index contributed by atoms with van der Waals surface area (Å²) in [6, 6.07) is 1.76. The molecule has 1 aromatic rings. The SMILES string of the molecule is CCCn1cc(S(=O)(=O)NCC(C)CSC)cc1CNC. The molecule has 0 aliphatic rings. The topological polar surface area (TPSA) is 63.1 Å². The van der Waals surface area contributed by atoms with Crippen LogP contribution in [0.15, 0.2) is 17.2 Å². The Balaban J connectivity index is 2.84. The molecule has 21 heavy (non-hydrogen) atoms. The number of nitrogens with one attached hydrogen (secondary N) is 2. The van der Waals surface area contributed by atoms with Gasteiger partial charge in [-0.3, -0.25) is 0 Å². The highest BCUT2D eigenvalue weighted by atomic mass is 32.2. The second-order valence-electron chi connectivity index (χ2n) is 5.30. The van der Waals surface area contributed by atoms with Gasteiger partial charge in [0.1, 0.15) is 0 Å². The highest BCUT2D eigenvalue weighted by Gasteiger charge is 2.18. The van der Waals surface area contributed by atoms with Gasteiger partial charge in [-0.05, 0) is 37.5 Å². The number of hydrogen-bond acceptors (Lipinski definition) is 4. The average Bonchev–Trinajstić information content (AvgIpc) is 2.82. The molecule has 2 N–H and O–H groups in total. The van der Waals surface area contributed by atoms with E-state index < -0.39 is 10.0 Å². The largest absolute Gasteiger partial charge is 0.349 e. The van der Waals surface area contributed by atoms with Crippen molar-refractivity contribution in [3.8, 4) is 0 Å². The molecule has 0 radical (unpaired) electrons. The maximum atomic E-state index is 12.4. The van der Waals surface area contributed by atoms with E-state index in [1.165, 1.54) is 0 Å². The van der Waals surface area contributed by atoms with Crippen molar-refractivity contribution < 1.29 is 8.42 Å². The summed E-state index contributed by atoms with van der Waals surface area (Å²) in [5.74, 6) is 1.27. The summed E-state index contributed by atoms with van der Waals surface area (Å²) >= 11 is 1.73. The fourth-order valence-corrected chi connectivity index (χ4v) is 4.04. The lowest BCUT2D eigenvalue weighted by atomic mass is 10.2. The minimum absolute atomic E-state index is 0.323. The molecule has 0 saturated carbocycles. The van der Waals surface area contributed by atoms with E-state index >= 15 is 0 Å². The molecule has 1 rings (SSSR count). The number of aryl methyl sites for hydroxylation is 1. The van der Waals surface area contributed by atoms with Crippen LogP contribution < -0.4 is 10.0 Å². The van der Waals surface area contributed by atoms with Gasteiger partial charge >= 0.3 is 0 Å². The Bertz CT molecular complexity index is 503. The lowest BCUT2D eigenvalue weighted by Crippen LogP contribution is -2.29. The summed E-state index contributed by atoms with van der Waals surface area (Å²) < 4.78 is 29.4. The second-order valence-corrected chi connectivity index (χ2v) is 7.98. The molecule has 0 spiro atoms. The minimum atomic E-state index is -3.42. The third-order valence-corrected chi connectivity index (χ3v) is 5.46. The Morgan fingerprint density at radius 3 is 2.71 bits per heavy atom. The van der Waals surface area contributed by atoms with Crippen LogP contribution in [0.2, 0.25) is 0 Å². The first-order chi connectivity index (χ1) is 9.94. The molecule has 0 fully saturated rings. The van der Waals surface area contributed by atoms with E-state index in [0.717, 1.165) is 24.4 Å². The fraction of sp³-hybridized carbons (Fsp3) is 0.714. The van der Waals surface area contributed by atoms with Gasteiger partial charge in [0, 0.05) is 31.5 Å². The van der Waals surface area contributed by atoms with Crippen LogP contribution in [0.5, 0.6) is 0 Å². The van der Waals surface area contributed by atoms with Gasteiger partial charge in [-0.1, -0.05) is 13.8 Å². The number of nitrogens with zero attached hydrogens (tertiary/aromatic N) is 1. The summed E-state index contributed by atoms with van der Waals surface area (Å²) in [5, 5.41) is 3.08. The van der Waals surface area contributed by atoms with Gasteiger partial charge in [0.05, 0.1) is 4.90 Å². The van der Waals surface area contributed by atoms with Crippen LogP contribution in [0.1, 0.15) is 26.0 Å². The van der Waals surface area contributed by atoms with E-state index in [4.69, 9.17) is 0 Å². The van der Waals surface area contributed by atoms with Crippen molar-refractivity contribution in [3.05, 3.63) is 18.0 Å². The lowest BCUT2D eigenvalue weighted by molar-refractivity contribution is 0.562. The Morgan fingerprint density at radius 1 is 1.43 bits per heavy atom. The Hall–Kier alpha value is -0.500. The molecule has 7 heteroatoms. The van der Waals surface area contributed by atoms with E-state index in [1.54, 1.807) is 24.0 Å². The number of sulfonamides is 1. The van der Waals surface area contributed by atoms with Crippen LogP contribution in [0, 0.1) is 5.92 Å². The standard InChI is InChI=1S/C14H27N3O2S2/c1-5-6-17-10-14(7-13(17)9-15-3)21(18,19)16-8-12(2)11-20-4/h7,10,12,15-16H,5-6,8-9,11H2,1-4H3. The quantitative estimate of drug-likeness (QED) is 0.686. The molecule has 1 atom stereocenters. The molecule has 1 heterocycles. The van der Waals surface area contributed by atoms with Gasteiger partial charge in [0.25, 0.3) is 0 Å². The van der Waals surface area contributed by atoms with E-state index in [1.807, 2.05) is 24.8 Å². The first kappa shape index (κ1) is 18.5. The van der Waals surface area contributed by atoms with E-state index in [9.17, 15) is 8.42 Å². The van der Waals surface area contributed by atoms with E-state index in [2.05, 4.69) is 17.0 Å². The Labute approximate surface area is 132 Å². The predicted molar refractivity (Wildman–Crippen MR) is 90.2 cm³/mol. The predicted octanol–water partition coefficient (Wildman–Crippen LogP) is 1.89. The third-order valence-electron chi connectivity index (χ3n) is 3.17. The molecule has 0 amide bonds. The van der Waals surface area contributed by atoms with Crippen molar-refractivity contribution in [2.24, 2.45) is 5.92 Å². The fourth-order valence-electron chi connectivity index (χ4n) is 2.13. The Kier molecular flexibility index (Phi) is 7.79. The van der Waals surface area contributed by atoms with Crippen LogP contribution in [-0.4, -0.2) is 38.6 Å². The van der Waals surface area contributed by atoms with Crippen LogP contribution in [0.4, 0.5) is 0 Å². The minimum Gasteiger partial charge on any atom is -0.349 e. The highest BCUT2D eigenvalue weighted by molar-refractivity contribution is 7.98.